The molecule has 2 nitrogen and oxygen atoms in total. The largest absolute Gasteiger partial charge is 0.236 e. The van der Waals surface area contributed by atoms with Crippen LogP contribution in [0.3, 0.4) is 0 Å². The van der Waals surface area contributed by atoms with E-state index in [4.69, 9.17) is 0 Å². The number of aryl methyl sites for hydroxylation is 2. The van der Waals surface area contributed by atoms with E-state index in [1.165, 1.54) is 56.8 Å². The summed E-state index contributed by atoms with van der Waals surface area (Å²) in [6.45, 7) is 4.46. The molecular formula is C18H22N2S2. The molecule has 116 valence electrons. The molecule has 3 aromatic heterocycles. The van der Waals surface area contributed by atoms with Crippen molar-refractivity contribution in [3.63, 3.8) is 0 Å². The van der Waals surface area contributed by atoms with Gasteiger partial charge in [-0.1, -0.05) is 33.1 Å². The predicted octanol–water partition coefficient (Wildman–Crippen LogP) is 6.11. The summed E-state index contributed by atoms with van der Waals surface area (Å²) in [6.07, 6.45) is 11.2. The summed E-state index contributed by atoms with van der Waals surface area (Å²) in [6, 6.07) is 4.58. The fourth-order valence-electron chi connectivity index (χ4n) is 2.56. The zero-order valence-corrected chi connectivity index (χ0v) is 14.9. The third-order valence-electron chi connectivity index (χ3n) is 3.75. The summed E-state index contributed by atoms with van der Waals surface area (Å²) >= 11 is 3.72. The van der Waals surface area contributed by atoms with E-state index in [1.807, 2.05) is 35.1 Å². The first-order valence-corrected chi connectivity index (χ1v) is 9.77. The Kier molecular flexibility index (Phi) is 5.21. The number of hydrogen-bond acceptors (Lipinski definition) is 4. The highest BCUT2D eigenvalue weighted by Crippen LogP contribution is 2.37. The van der Waals surface area contributed by atoms with Crippen molar-refractivity contribution in [3.05, 3.63) is 35.0 Å². The SMILES string of the molecule is CCCCCc1cnc(-c2cc3sc(CCC)cc3s2)nc1. The van der Waals surface area contributed by atoms with Crippen molar-refractivity contribution in [1.82, 2.24) is 9.97 Å². The Balaban J connectivity index is 1.74. The molecule has 3 heterocycles. The molecule has 4 heteroatoms. The molecule has 3 rings (SSSR count). The molecule has 22 heavy (non-hydrogen) atoms. The van der Waals surface area contributed by atoms with Gasteiger partial charge in [-0.05, 0) is 37.0 Å². The molecule has 0 unspecified atom stereocenters. The summed E-state index contributed by atoms with van der Waals surface area (Å²) in [7, 11) is 0. The quantitative estimate of drug-likeness (QED) is 0.489. The van der Waals surface area contributed by atoms with Crippen molar-refractivity contribution in [2.75, 3.05) is 0 Å². The molecule has 0 N–H and O–H groups in total. The molecule has 0 bridgehead atoms. The highest BCUT2D eigenvalue weighted by atomic mass is 32.1. The number of aromatic nitrogens is 2. The van der Waals surface area contributed by atoms with Crippen LogP contribution in [0.5, 0.6) is 0 Å². The summed E-state index contributed by atoms with van der Waals surface area (Å²) in [5, 5.41) is 0. The van der Waals surface area contributed by atoms with Crippen molar-refractivity contribution in [3.8, 4) is 10.7 Å². The van der Waals surface area contributed by atoms with Crippen LogP contribution in [-0.4, -0.2) is 9.97 Å². The lowest BCUT2D eigenvalue weighted by molar-refractivity contribution is 0.714. The maximum Gasteiger partial charge on any atom is 0.169 e. The Bertz CT molecular complexity index is 694. The minimum Gasteiger partial charge on any atom is -0.236 e. The number of nitrogens with zero attached hydrogens (tertiary/aromatic N) is 2. The molecule has 0 spiro atoms. The fourth-order valence-corrected chi connectivity index (χ4v) is 5.03. The molecule has 0 aliphatic heterocycles. The highest BCUT2D eigenvalue weighted by Gasteiger charge is 2.10. The molecule has 0 radical (unpaired) electrons. The lowest BCUT2D eigenvalue weighted by Crippen LogP contribution is -1.91. The molecule has 0 aliphatic carbocycles. The second-order valence-electron chi connectivity index (χ2n) is 5.67. The molecule has 3 aromatic rings. The van der Waals surface area contributed by atoms with Crippen LogP contribution in [0.2, 0.25) is 0 Å². The molecule has 0 fully saturated rings. The van der Waals surface area contributed by atoms with Crippen LogP contribution in [0, 0.1) is 0 Å². The average molecular weight is 331 g/mol. The van der Waals surface area contributed by atoms with E-state index in [1.54, 1.807) is 0 Å². The first-order valence-electron chi connectivity index (χ1n) is 8.13. The van der Waals surface area contributed by atoms with Gasteiger partial charge in [0.25, 0.3) is 0 Å². The second kappa shape index (κ2) is 7.34. The van der Waals surface area contributed by atoms with Crippen LogP contribution in [-0.2, 0) is 12.8 Å². The number of fused-ring (bicyclic) bond motifs is 1. The van der Waals surface area contributed by atoms with E-state index >= 15 is 0 Å². The molecular weight excluding hydrogens is 308 g/mol. The van der Waals surface area contributed by atoms with E-state index in [0.717, 1.165) is 12.2 Å². The molecule has 0 aliphatic rings. The molecule has 0 saturated carbocycles. The third kappa shape index (κ3) is 3.55. The topological polar surface area (TPSA) is 25.8 Å². The zero-order valence-electron chi connectivity index (χ0n) is 13.3. The van der Waals surface area contributed by atoms with Crippen LogP contribution >= 0.6 is 22.7 Å². The Labute approximate surface area is 140 Å². The van der Waals surface area contributed by atoms with Gasteiger partial charge in [0, 0.05) is 26.7 Å². The number of hydrogen-bond donors (Lipinski definition) is 0. The van der Waals surface area contributed by atoms with E-state index < -0.39 is 0 Å². The van der Waals surface area contributed by atoms with Gasteiger partial charge in [-0.3, -0.25) is 0 Å². The standard InChI is InChI=1S/C18H22N2S2/c1-3-5-6-8-13-11-19-18(20-12-13)17-10-16-15(22-17)9-14(21-16)7-4-2/h9-12H,3-8H2,1-2H3. The Morgan fingerprint density at radius 2 is 1.64 bits per heavy atom. The van der Waals surface area contributed by atoms with Gasteiger partial charge in [-0.25, -0.2) is 9.97 Å². The van der Waals surface area contributed by atoms with Gasteiger partial charge in [-0.2, -0.15) is 0 Å². The number of unbranched alkanes of at least 4 members (excludes halogenated alkanes) is 2. The van der Waals surface area contributed by atoms with Crippen LogP contribution in [0.25, 0.3) is 20.1 Å². The van der Waals surface area contributed by atoms with Crippen molar-refractivity contribution in [1.29, 1.82) is 0 Å². The highest BCUT2D eigenvalue weighted by molar-refractivity contribution is 7.29. The van der Waals surface area contributed by atoms with E-state index in [2.05, 4.69) is 35.9 Å². The van der Waals surface area contributed by atoms with Gasteiger partial charge in [0.1, 0.15) is 0 Å². The fraction of sp³-hybridized carbons (Fsp3) is 0.444. The normalized spacial score (nSPS) is 11.4. The second-order valence-corrected chi connectivity index (χ2v) is 7.93. The minimum absolute atomic E-state index is 0.865. The summed E-state index contributed by atoms with van der Waals surface area (Å²) in [4.78, 5) is 11.8. The number of rotatable bonds is 7. The molecule has 0 atom stereocenters. The van der Waals surface area contributed by atoms with Gasteiger partial charge >= 0.3 is 0 Å². The van der Waals surface area contributed by atoms with E-state index in [0.29, 0.717) is 0 Å². The van der Waals surface area contributed by atoms with Gasteiger partial charge in [0.05, 0.1) is 4.88 Å². The molecule has 0 saturated heterocycles. The van der Waals surface area contributed by atoms with Crippen LogP contribution in [0.1, 0.15) is 50.0 Å². The lowest BCUT2D eigenvalue weighted by atomic mass is 10.1. The summed E-state index contributed by atoms with van der Waals surface area (Å²) in [5.74, 6) is 0.865. The first kappa shape index (κ1) is 15.6. The van der Waals surface area contributed by atoms with Crippen molar-refractivity contribution >= 4 is 32.1 Å². The summed E-state index contributed by atoms with van der Waals surface area (Å²) in [5.41, 5.74) is 1.25. The maximum absolute atomic E-state index is 4.57. The zero-order chi connectivity index (χ0) is 15.4. The molecule has 0 aromatic carbocycles. The monoisotopic (exact) mass is 330 g/mol. The van der Waals surface area contributed by atoms with E-state index in [9.17, 15) is 0 Å². The van der Waals surface area contributed by atoms with Crippen molar-refractivity contribution < 1.29 is 0 Å². The average Bonchev–Trinajstić information content (AvgIpc) is 3.07. The van der Waals surface area contributed by atoms with Gasteiger partial charge in [0.15, 0.2) is 5.82 Å². The third-order valence-corrected chi connectivity index (χ3v) is 6.10. The Morgan fingerprint density at radius 1 is 0.864 bits per heavy atom. The molecule has 0 amide bonds. The number of thiophene rings is 2. The van der Waals surface area contributed by atoms with Crippen molar-refractivity contribution in [2.45, 2.75) is 52.4 Å². The smallest absolute Gasteiger partial charge is 0.169 e. The van der Waals surface area contributed by atoms with Crippen LogP contribution < -0.4 is 0 Å². The van der Waals surface area contributed by atoms with Gasteiger partial charge in [-0.15, -0.1) is 22.7 Å². The van der Waals surface area contributed by atoms with Gasteiger partial charge in [0.2, 0.25) is 0 Å². The Morgan fingerprint density at radius 3 is 2.32 bits per heavy atom. The Hall–Kier alpha value is -1.26. The van der Waals surface area contributed by atoms with Gasteiger partial charge < -0.3 is 0 Å². The maximum atomic E-state index is 4.57. The lowest BCUT2D eigenvalue weighted by Gasteiger charge is -2.01. The predicted molar refractivity (Wildman–Crippen MR) is 98.0 cm³/mol. The summed E-state index contributed by atoms with van der Waals surface area (Å²) < 4.78 is 2.75. The van der Waals surface area contributed by atoms with Crippen molar-refractivity contribution in [2.24, 2.45) is 0 Å². The van der Waals surface area contributed by atoms with Crippen LogP contribution in [0.4, 0.5) is 0 Å². The minimum atomic E-state index is 0.865. The van der Waals surface area contributed by atoms with E-state index in [-0.39, 0.29) is 0 Å². The first-order chi connectivity index (χ1) is 10.8. The van der Waals surface area contributed by atoms with Crippen LogP contribution in [0.15, 0.2) is 24.5 Å².